The number of benzene rings is 2. The first-order valence-corrected chi connectivity index (χ1v) is 8.72. The monoisotopic (exact) mass is 412 g/mol. The Morgan fingerprint density at radius 2 is 1.07 bits per heavy atom. The summed E-state index contributed by atoms with van der Waals surface area (Å²) < 4.78 is 78.5. The Morgan fingerprint density at radius 1 is 0.655 bits per heavy atom. The van der Waals surface area contributed by atoms with Crippen molar-refractivity contribution < 1.29 is 26.3 Å². The quantitative estimate of drug-likeness (QED) is 0.414. The molecule has 0 spiro atoms. The second kappa shape index (κ2) is 6.93. The van der Waals surface area contributed by atoms with Crippen LogP contribution in [0.5, 0.6) is 0 Å². The summed E-state index contributed by atoms with van der Waals surface area (Å²) in [7, 11) is 0. The van der Waals surface area contributed by atoms with Crippen molar-refractivity contribution in [3.8, 4) is 22.5 Å². The van der Waals surface area contributed by atoms with E-state index in [0.717, 1.165) is 24.3 Å². The summed E-state index contributed by atoms with van der Waals surface area (Å²) >= 11 is 0. The number of halogens is 6. The lowest BCUT2D eigenvalue weighted by atomic mass is 10.0. The van der Waals surface area contributed by atoms with Gasteiger partial charge in [-0.2, -0.15) is 31.4 Å². The van der Waals surface area contributed by atoms with Crippen molar-refractivity contribution in [3.05, 3.63) is 65.7 Å². The SMILES string of the molecule is CC(C)(C)n1nc(-c2ccc(C(F)(F)F)cc2)cc1-c1ccc(C(F)(F)F)cc1. The van der Waals surface area contributed by atoms with Gasteiger partial charge in [-0.05, 0) is 56.7 Å². The van der Waals surface area contributed by atoms with E-state index in [1.54, 1.807) is 10.7 Å². The molecule has 1 heterocycles. The van der Waals surface area contributed by atoms with Crippen LogP contribution in [0.25, 0.3) is 22.5 Å². The van der Waals surface area contributed by atoms with Crippen LogP contribution in [0.4, 0.5) is 26.3 Å². The van der Waals surface area contributed by atoms with Gasteiger partial charge in [0.05, 0.1) is 28.1 Å². The van der Waals surface area contributed by atoms with Gasteiger partial charge in [-0.15, -0.1) is 0 Å². The molecule has 0 radical (unpaired) electrons. The van der Waals surface area contributed by atoms with Crippen LogP contribution < -0.4 is 0 Å². The molecule has 0 amide bonds. The second-order valence-corrected chi connectivity index (χ2v) is 7.65. The first-order valence-electron chi connectivity index (χ1n) is 8.72. The van der Waals surface area contributed by atoms with Crippen LogP contribution in [0.15, 0.2) is 54.6 Å². The van der Waals surface area contributed by atoms with Crippen molar-refractivity contribution >= 4 is 0 Å². The van der Waals surface area contributed by atoms with E-state index in [1.165, 1.54) is 24.3 Å². The van der Waals surface area contributed by atoms with Crippen LogP contribution in [-0.2, 0) is 17.9 Å². The Bertz CT molecular complexity index is 988. The Balaban J connectivity index is 2.06. The van der Waals surface area contributed by atoms with Crippen LogP contribution in [-0.4, -0.2) is 9.78 Å². The van der Waals surface area contributed by atoms with Gasteiger partial charge in [0.15, 0.2) is 0 Å². The van der Waals surface area contributed by atoms with Crippen molar-refractivity contribution in [1.29, 1.82) is 0 Å². The molecule has 3 aromatic rings. The van der Waals surface area contributed by atoms with Gasteiger partial charge in [0.2, 0.25) is 0 Å². The van der Waals surface area contributed by atoms with Gasteiger partial charge in [0.25, 0.3) is 0 Å². The minimum Gasteiger partial charge on any atom is -0.259 e. The average molecular weight is 412 g/mol. The maximum atomic E-state index is 12.8. The van der Waals surface area contributed by atoms with Crippen LogP contribution in [0.2, 0.25) is 0 Å². The van der Waals surface area contributed by atoms with Gasteiger partial charge >= 0.3 is 12.4 Å². The lowest BCUT2D eigenvalue weighted by Gasteiger charge is -2.22. The topological polar surface area (TPSA) is 17.8 Å². The molecule has 0 N–H and O–H groups in total. The summed E-state index contributed by atoms with van der Waals surface area (Å²) in [5.41, 5.74) is -0.00901. The molecular weight excluding hydrogens is 394 g/mol. The van der Waals surface area contributed by atoms with E-state index in [4.69, 9.17) is 0 Å². The van der Waals surface area contributed by atoms with E-state index in [0.29, 0.717) is 22.5 Å². The molecule has 2 nitrogen and oxygen atoms in total. The van der Waals surface area contributed by atoms with Gasteiger partial charge in [-0.3, -0.25) is 4.68 Å². The molecule has 0 aliphatic carbocycles. The molecule has 154 valence electrons. The number of aromatic nitrogens is 2. The Labute approximate surface area is 163 Å². The molecule has 0 aliphatic rings. The molecule has 3 rings (SSSR count). The number of hydrogen-bond donors (Lipinski definition) is 0. The lowest BCUT2D eigenvalue weighted by Crippen LogP contribution is -2.24. The summed E-state index contributed by atoms with van der Waals surface area (Å²) in [6.45, 7) is 5.64. The fraction of sp³-hybridized carbons (Fsp3) is 0.286. The molecular formula is C21H18F6N2. The largest absolute Gasteiger partial charge is 0.416 e. The zero-order valence-electron chi connectivity index (χ0n) is 15.9. The Hall–Kier alpha value is -2.77. The molecule has 1 aromatic heterocycles. The molecule has 0 fully saturated rings. The molecule has 0 bridgehead atoms. The zero-order valence-corrected chi connectivity index (χ0v) is 15.9. The number of hydrogen-bond acceptors (Lipinski definition) is 1. The molecule has 2 aromatic carbocycles. The Morgan fingerprint density at radius 3 is 1.45 bits per heavy atom. The van der Waals surface area contributed by atoms with Crippen molar-refractivity contribution in [3.63, 3.8) is 0 Å². The van der Waals surface area contributed by atoms with E-state index in [2.05, 4.69) is 5.10 Å². The average Bonchev–Trinajstić information content (AvgIpc) is 3.06. The fourth-order valence-corrected chi connectivity index (χ4v) is 2.90. The van der Waals surface area contributed by atoms with Gasteiger partial charge in [0, 0.05) is 5.56 Å². The number of alkyl halides is 6. The van der Waals surface area contributed by atoms with Crippen LogP contribution in [0.1, 0.15) is 31.9 Å². The predicted octanol–water partition coefficient (Wildman–Crippen LogP) is 7.01. The van der Waals surface area contributed by atoms with Gasteiger partial charge in [-0.1, -0.05) is 24.3 Å². The minimum absolute atomic E-state index is 0.434. The molecule has 0 aliphatic heterocycles. The maximum absolute atomic E-state index is 12.8. The first kappa shape index (κ1) is 21.0. The standard InChI is InChI=1S/C21H18F6N2/c1-19(2,3)29-18(14-6-10-16(11-7-14)21(25,26)27)12-17(28-29)13-4-8-15(9-5-13)20(22,23)24/h4-12H,1-3H3. The molecule has 0 saturated carbocycles. The highest BCUT2D eigenvalue weighted by Crippen LogP contribution is 2.35. The molecule has 0 unspecified atom stereocenters. The smallest absolute Gasteiger partial charge is 0.259 e. The Kier molecular flexibility index (Phi) is 5.01. The predicted molar refractivity (Wildman–Crippen MR) is 98.1 cm³/mol. The van der Waals surface area contributed by atoms with Crippen molar-refractivity contribution in [2.24, 2.45) is 0 Å². The van der Waals surface area contributed by atoms with E-state index in [9.17, 15) is 26.3 Å². The molecule has 29 heavy (non-hydrogen) atoms. The van der Waals surface area contributed by atoms with Crippen molar-refractivity contribution in [2.45, 2.75) is 38.7 Å². The van der Waals surface area contributed by atoms with E-state index in [1.807, 2.05) is 20.8 Å². The van der Waals surface area contributed by atoms with Crippen molar-refractivity contribution in [1.82, 2.24) is 9.78 Å². The first-order chi connectivity index (χ1) is 13.3. The third-order valence-electron chi connectivity index (χ3n) is 4.36. The summed E-state index contributed by atoms with van der Waals surface area (Å²) in [4.78, 5) is 0. The summed E-state index contributed by atoms with van der Waals surface area (Å²) in [5, 5.41) is 4.50. The lowest BCUT2D eigenvalue weighted by molar-refractivity contribution is -0.138. The third kappa shape index (κ3) is 4.46. The molecule has 8 heteroatoms. The van der Waals surface area contributed by atoms with Crippen LogP contribution >= 0.6 is 0 Å². The molecule has 0 saturated heterocycles. The van der Waals surface area contributed by atoms with E-state index < -0.39 is 29.0 Å². The highest BCUT2D eigenvalue weighted by atomic mass is 19.4. The second-order valence-electron chi connectivity index (χ2n) is 7.65. The van der Waals surface area contributed by atoms with Gasteiger partial charge in [-0.25, -0.2) is 0 Å². The van der Waals surface area contributed by atoms with Crippen molar-refractivity contribution in [2.75, 3.05) is 0 Å². The maximum Gasteiger partial charge on any atom is 0.416 e. The van der Waals surface area contributed by atoms with E-state index in [-0.39, 0.29) is 0 Å². The fourth-order valence-electron chi connectivity index (χ4n) is 2.90. The highest BCUT2D eigenvalue weighted by molar-refractivity contribution is 5.69. The summed E-state index contributed by atoms with van der Waals surface area (Å²) in [6.07, 6.45) is -8.87. The third-order valence-corrected chi connectivity index (χ3v) is 4.36. The minimum atomic E-state index is -4.44. The highest BCUT2D eigenvalue weighted by Gasteiger charge is 2.31. The molecule has 0 atom stereocenters. The van der Waals surface area contributed by atoms with E-state index >= 15 is 0 Å². The van der Waals surface area contributed by atoms with Gasteiger partial charge < -0.3 is 0 Å². The summed E-state index contributed by atoms with van der Waals surface area (Å²) in [6, 6.07) is 11.0. The van der Waals surface area contributed by atoms with Crippen LogP contribution in [0, 0.1) is 0 Å². The normalized spacial score (nSPS) is 13.0. The number of nitrogens with zero attached hydrogens (tertiary/aromatic N) is 2. The van der Waals surface area contributed by atoms with Gasteiger partial charge in [0.1, 0.15) is 0 Å². The number of rotatable bonds is 2. The summed E-state index contributed by atoms with van der Waals surface area (Å²) in [5.74, 6) is 0. The zero-order chi connectivity index (χ0) is 21.6. The van der Waals surface area contributed by atoms with Crippen LogP contribution in [0.3, 0.4) is 0 Å².